The standard InChI is InChI=1S/C21H14ClFN2O/c1-26-15-8-9-16(18(23)12-15)21-24-19-10-7-14(22)11-17(19)20(25-21)13-5-3-2-4-6-13/h2-12H,1H3. The number of ether oxygens (including phenoxy) is 1. The minimum absolute atomic E-state index is 0.318. The zero-order chi connectivity index (χ0) is 18.1. The van der Waals surface area contributed by atoms with Gasteiger partial charge < -0.3 is 4.74 Å². The zero-order valence-corrected chi connectivity index (χ0v) is 14.7. The molecule has 128 valence electrons. The summed E-state index contributed by atoms with van der Waals surface area (Å²) in [5, 5.41) is 1.42. The SMILES string of the molecule is COc1ccc(-c2nc(-c3ccccc3)c3cc(Cl)ccc3n2)c(F)c1. The molecule has 1 aromatic heterocycles. The Morgan fingerprint density at radius 2 is 1.73 bits per heavy atom. The van der Waals surface area contributed by atoms with Crippen molar-refractivity contribution in [3.63, 3.8) is 0 Å². The molecule has 5 heteroatoms. The Morgan fingerprint density at radius 1 is 0.923 bits per heavy atom. The number of halogens is 2. The molecular formula is C21H14ClFN2O. The van der Waals surface area contributed by atoms with Crippen LogP contribution >= 0.6 is 11.6 Å². The molecule has 0 unspecified atom stereocenters. The van der Waals surface area contributed by atoms with Crippen molar-refractivity contribution in [3.05, 3.63) is 77.6 Å². The Hall–Kier alpha value is -2.98. The van der Waals surface area contributed by atoms with Crippen LogP contribution in [0.1, 0.15) is 0 Å². The number of hydrogen-bond acceptors (Lipinski definition) is 3. The highest BCUT2D eigenvalue weighted by Crippen LogP contribution is 2.32. The summed E-state index contributed by atoms with van der Waals surface area (Å²) in [7, 11) is 1.50. The Labute approximate surface area is 155 Å². The predicted molar refractivity (Wildman–Crippen MR) is 102 cm³/mol. The van der Waals surface area contributed by atoms with Crippen molar-refractivity contribution in [1.82, 2.24) is 9.97 Å². The van der Waals surface area contributed by atoms with Crippen LogP contribution in [0.25, 0.3) is 33.5 Å². The summed E-state index contributed by atoms with van der Waals surface area (Å²) in [6, 6.07) is 19.8. The first-order valence-corrected chi connectivity index (χ1v) is 8.40. The van der Waals surface area contributed by atoms with Gasteiger partial charge >= 0.3 is 0 Å². The molecule has 0 saturated carbocycles. The number of aromatic nitrogens is 2. The molecule has 0 aliphatic carbocycles. The lowest BCUT2D eigenvalue weighted by atomic mass is 10.1. The van der Waals surface area contributed by atoms with E-state index < -0.39 is 5.82 Å². The molecule has 0 aliphatic heterocycles. The van der Waals surface area contributed by atoms with E-state index in [-0.39, 0.29) is 0 Å². The maximum atomic E-state index is 14.5. The van der Waals surface area contributed by atoms with Gasteiger partial charge in [0.15, 0.2) is 5.82 Å². The number of fused-ring (bicyclic) bond motifs is 1. The molecule has 0 fully saturated rings. The van der Waals surface area contributed by atoms with E-state index in [1.165, 1.54) is 13.2 Å². The molecule has 0 radical (unpaired) electrons. The van der Waals surface area contributed by atoms with Crippen LogP contribution in [-0.2, 0) is 0 Å². The Bertz CT molecular complexity index is 1100. The van der Waals surface area contributed by atoms with Crippen LogP contribution in [0.3, 0.4) is 0 Å². The average Bonchev–Trinajstić information content (AvgIpc) is 2.67. The zero-order valence-electron chi connectivity index (χ0n) is 13.9. The fourth-order valence-electron chi connectivity index (χ4n) is 2.84. The summed E-state index contributed by atoms with van der Waals surface area (Å²) in [6.45, 7) is 0. The summed E-state index contributed by atoms with van der Waals surface area (Å²) in [4.78, 5) is 9.19. The monoisotopic (exact) mass is 364 g/mol. The van der Waals surface area contributed by atoms with E-state index in [2.05, 4.69) is 9.97 Å². The number of benzene rings is 3. The largest absolute Gasteiger partial charge is 0.497 e. The van der Waals surface area contributed by atoms with E-state index >= 15 is 0 Å². The predicted octanol–water partition coefficient (Wildman–Crippen LogP) is 5.76. The van der Waals surface area contributed by atoms with Crippen molar-refractivity contribution in [2.75, 3.05) is 7.11 Å². The first-order valence-electron chi connectivity index (χ1n) is 8.02. The lowest BCUT2D eigenvalue weighted by Gasteiger charge is -2.11. The van der Waals surface area contributed by atoms with E-state index in [0.717, 1.165) is 10.9 Å². The van der Waals surface area contributed by atoms with Gasteiger partial charge in [-0.2, -0.15) is 0 Å². The second kappa shape index (κ2) is 6.73. The first-order chi connectivity index (χ1) is 12.7. The maximum absolute atomic E-state index is 14.5. The van der Waals surface area contributed by atoms with Gasteiger partial charge in [0.1, 0.15) is 11.6 Å². The molecule has 4 aromatic rings. The number of nitrogens with zero attached hydrogens (tertiary/aromatic N) is 2. The molecule has 0 amide bonds. The highest BCUT2D eigenvalue weighted by Gasteiger charge is 2.15. The van der Waals surface area contributed by atoms with Gasteiger partial charge in [0.05, 0.1) is 23.9 Å². The molecule has 1 heterocycles. The molecule has 0 spiro atoms. The fourth-order valence-corrected chi connectivity index (χ4v) is 3.01. The molecule has 0 bridgehead atoms. The van der Waals surface area contributed by atoms with Crippen LogP contribution < -0.4 is 4.74 Å². The molecule has 0 saturated heterocycles. The molecule has 0 N–H and O–H groups in total. The van der Waals surface area contributed by atoms with E-state index in [4.69, 9.17) is 16.3 Å². The molecule has 3 aromatic carbocycles. The lowest BCUT2D eigenvalue weighted by Crippen LogP contribution is -1.97. The van der Waals surface area contributed by atoms with Gasteiger partial charge in [-0.3, -0.25) is 0 Å². The van der Waals surface area contributed by atoms with Crippen LogP contribution in [0.15, 0.2) is 66.7 Å². The Kier molecular flexibility index (Phi) is 4.27. The quantitative estimate of drug-likeness (QED) is 0.463. The van der Waals surface area contributed by atoms with Crippen molar-refractivity contribution in [2.45, 2.75) is 0 Å². The third-order valence-corrected chi connectivity index (χ3v) is 4.36. The van der Waals surface area contributed by atoms with Crippen molar-refractivity contribution < 1.29 is 9.13 Å². The minimum Gasteiger partial charge on any atom is -0.497 e. The van der Waals surface area contributed by atoms with Gasteiger partial charge in [0.25, 0.3) is 0 Å². The third kappa shape index (κ3) is 3.00. The normalized spacial score (nSPS) is 10.9. The summed E-state index contributed by atoms with van der Waals surface area (Å²) >= 11 is 6.16. The van der Waals surface area contributed by atoms with Gasteiger partial charge in [0.2, 0.25) is 0 Å². The average molecular weight is 365 g/mol. The summed E-state index contributed by atoms with van der Waals surface area (Å²) in [6.07, 6.45) is 0. The van der Waals surface area contributed by atoms with Crippen molar-refractivity contribution in [2.24, 2.45) is 0 Å². The van der Waals surface area contributed by atoms with E-state index in [1.807, 2.05) is 42.5 Å². The smallest absolute Gasteiger partial charge is 0.163 e. The van der Waals surface area contributed by atoms with Gasteiger partial charge in [-0.05, 0) is 30.3 Å². The maximum Gasteiger partial charge on any atom is 0.163 e. The number of hydrogen-bond donors (Lipinski definition) is 0. The van der Waals surface area contributed by atoms with Gasteiger partial charge in [0, 0.05) is 22.0 Å². The van der Waals surface area contributed by atoms with E-state index in [9.17, 15) is 4.39 Å². The Balaban J connectivity index is 1.99. The minimum atomic E-state index is -0.434. The summed E-state index contributed by atoms with van der Waals surface area (Å²) < 4.78 is 19.6. The number of rotatable bonds is 3. The molecule has 3 nitrogen and oxygen atoms in total. The lowest BCUT2D eigenvalue weighted by molar-refractivity contribution is 0.411. The van der Waals surface area contributed by atoms with E-state index in [1.54, 1.807) is 18.2 Å². The number of methoxy groups -OCH3 is 1. The summed E-state index contributed by atoms with van der Waals surface area (Å²) in [5.41, 5.74) is 2.65. The van der Waals surface area contributed by atoms with Crippen LogP contribution in [0.4, 0.5) is 4.39 Å². The fraction of sp³-hybridized carbons (Fsp3) is 0.0476. The Morgan fingerprint density at radius 3 is 2.46 bits per heavy atom. The van der Waals surface area contributed by atoms with Crippen LogP contribution in [-0.4, -0.2) is 17.1 Å². The van der Waals surface area contributed by atoms with Gasteiger partial charge in [-0.15, -0.1) is 0 Å². The second-order valence-corrected chi connectivity index (χ2v) is 6.21. The molecule has 0 atom stereocenters. The second-order valence-electron chi connectivity index (χ2n) is 5.77. The van der Waals surface area contributed by atoms with Crippen molar-refractivity contribution in [1.29, 1.82) is 0 Å². The van der Waals surface area contributed by atoms with Crippen LogP contribution in [0, 0.1) is 5.82 Å². The topological polar surface area (TPSA) is 35.0 Å². The highest BCUT2D eigenvalue weighted by molar-refractivity contribution is 6.31. The molecular weight excluding hydrogens is 351 g/mol. The van der Waals surface area contributed by atoms with E-state index in [0.29, 0.717) is 33.4 Å². The third-order valence-electron chi connectivity index (χ3n) is 4.12. The van der Waals surface area contributed by atoms with Crippen LogP contribution in [0.2, 0.25) is 5.02 Å². The highest BCUT2D eigenvalue weighted by atomic mass is 35.5. The van der Waals surface area contributed by atoms with Crippen molar-refractivity contribution in [3.8, 4) is 28.4 Å². The van der Waals surface area contributed by atoms with Crippen LogP contribution in [0.5, 0.6) is 5.75 Å². The first kappa shape index (κ1) is 16.5. The molecule has 0 aliphatic rings. The van der Waals surface area contributed by atoms with Crippen molar-refractivity contribution >= 4 is 22.5 Å². The van der Waals surface area contributed by atoms with Gasteiger partial charge in [-0.25, -0.2) is 14.4 Å². The molecule has 26 heavy (non-hydrogen) atoms. The van der Waals surface area contributed by atoms with Gasteiger partial charge in [-0.1, -0.05) is 41.9 Å². The summed E-state index contributed by atoms with van der Waals surface area (Å²) in [5.74, 6) is 0.331. The molecule has 4 rings (SSSR count).